The summed E-state index contributed by atoms with van der Waals surface area (Å²) >= 11 is 0. The molecule has 30 heavy (non-hydrogen) atoms. The van der Waals surface area contributed by atoms with Crippen LogP contribution in [0.1, 0.15) is 10.5 Å². The molecule has 1 saturated heterocycles. The van der Waals surface area contributed by atoms with Gasteiger partial charge in [0.2, 0.25) is 5.88 Å². The van der Waals surface area contributed by atoms with E-state index in [4.69, 9.17) is 4.52 Å². The minimum absolute atomic E-state index is 0.127. The van der Waals surface area contributed by atoms with Gasteiger partial charge in [0, 0.05) is 32.2 Å². The molecule has 0 amide bonds. The average molecular weight is 421 g/mol. The number of piperazine rings is 1. The van der Waals surface area contributed by atoms with Crippen molar-refractivity contribution in [1.29, 1.82) is 0 Å². The number of hydrogen-bond acceptors (Lipinski definition) is 8. The Bertz CT molecular complexity index is 1030. The normalized spacial score (nSPS) is 15.5. The van der Waals surface area contributed by atoms with Gasteiger partial charge in [0.15, 0.2) is 23.7 Å². The maximum Gasteiger partial charge on any atom is 0.422 e. The van der Waals surface area contributed by atoms with Gasteiger partial charge in [0.1, 0.15) is 12.1 Å². The van der Waals surface area contributed by atoms with Crippen LogP contribution in [0.2, 0.25) is 0 Å². The lowest BCUT2D eigenvalue weighted by Gasteiger charge is -2.34. The number of carbonyl (C=O) groups excluding carboxylic acids is 1. The van der Waals surface area contributed by atoms with Gasteiger partial charge in [0.25, 0.3) is 0 Å². The second kappa shape index (κ2) is 8.27. The molecule has 4 rings (SSSR count). The number of nitrogens with zero attached hydrogens (tertiary/aromatic N) is 5. The number of para-hydroxylation sites is 1. The molecule has 11 heteroatoms. The molecule has 1 aromatic carbocycles. The SMILES string of the molecule is O=C(CN1CCN(c2cc(OCC(F)(F)F)ncn2)CC1)c1noc2ccccc12. The predicted octanol–water partition coefficient (Wildman–Crippen LogP) is 2.56. The lowest BCUT2D eigenvalue weighted by atomic mass is 10.1. The van der Waals surface area contributed by atoms with Crippen LogP contribution in [0.5, 0.6) is 5.88 Å². The number of ether oxygens (including phenoxy) is 1. The summed E-state index contributed by atoms with van der Waals surface area (Å²) in [4.78, 5) is 24.4. The molecule has 0 bridgehead atoms. The van der Waals surface area contributed by atoms with Gasteiger partial charge in [-0.25, -0.2) is 9.97 Å². The Morgan fingerprint density at radius 2 is 1.90 bits per heavy atom. The van der Waals surface area contributed by atoms with Crippen molar-refractivity contribution >= 4 is 22.6 Å². The number of anilines is 1. The van der Waals surface area contributed by atoms with Crippen LogP contribution in [0, 0.1) is 0 Å². The zero-order valence-corrected chi connectivity index (χ0v) is 15.8. The minimum Gasteiger partial charge on any atom is -0.468 e. The van der Waals surface area contributed by atoms with Crippen LogP contribution >= 0.6 is 0 Å². The van der Waals surface area contributed by atoms with E-state index in [9.17, 15) is 18.0 Å². The molecule has 0 atom stereocenters. The highest BCUT2D eigenvalue weighted by molar-refractivity contribution is 6.06. The number of ketones is 1. The summed E-state index contributed by atoms with van der Waals surface area (Å²) in [7, 11) is 0. The fourth-order valence-corrected chi connectivity index (χ4v) is 3.24. The third-order valence-electron chi connectivity index (χ3n) is 4.72. The lowest BCUT2D eigenvalue weighted by Crippen LogP contribution is -2.48. The van der Waals surface area contributed by atoms with Crippen LogP contribution in [-0.4, -0.2) is 71.3 Å². The summed E-state index contributed by atoms with van der Waals surface area (Å²) in [6.07, 6.45) is -3.26. The standard InChI is InChI=1S/C19H18F3N5O3/c20-19(21,22)11-29-17-9-16(23-12-24-17)27-7-5-26(6-8-27)10-14(28)18-13-3-1-2-4-15(13)30-25-18/h1-4,9,12H,5-8,10-11H2. The summed E-state index contributed by atoms with van der Waals surface area (Å²) in [5.41, 5.74) is 0.883. The second-order valence-electron chi connectivity index (χ2n) is 6.83. The molecular formula is C19H18F3N5O3. The van der Waals surface area contributed by atoms with Gasteiger partial charge in [-0.15, -0.1) is 0 Å². The fraction of sp³-hybridized carbons (Fsp3) is 0.368. The summed E-state index contributed by atoms with van der Waals surface area (Å²) in [5, 5.41) is 4.58. The van der Waals surface area contributed by atoms with E-state index >= 15 is 0 Å². The first-order valence-electron chi connectivity index (χ1n) is 9.25. The monoisotopic (exact) mass is 421 g/mol. The van der Waals surface area contributed by atoms with Gasteiger partial charge < -0.3 is 14.2 Å². The van der Waals surface area contributed by atoms with E-state index in [0.717, 1.165) is 0 Å². The number of rotatable bonds is 6. The van der Waals surface area contributed by atoms with Crippen LogP contribution in [0.15, 0.2) is 41.2 Å². The molecule has 0 aliphatic carbocycles. The number of aromatic nitrogens is 3. The van der Waals surface area contributed by atoms with Crippen molar-refractivity contribution in [2.24, 2.45) is 0 Å². The van der Waals surface area contributed by atoms with Crippen molar-refractivity contribution in [3.05, 3.63) is 42.4 Å². The lowest BCUT2D eigenvalue weighted by molar-refractivity contribution is -0.154. The molecule has 158 valence electrons. The number of fused-ring (bicyclic) bond motifs is 1. The Labute approximate surface area is 169 Å². The molecule has 2 aromatic heterocycles. The Kier molecular flexibility index (Phi) is 5.53. The molecule has 3 aromatic rings. The van der Waals surface area contributed by atoms with Crippen molar-refractivity contribution in [3.63, 3.8) is 0 Å². The van der Waals surface area contributed by atoms with Gasteiger partial charge >= 0.3 is 6.18 Å². The maximum atomic E-state index is 12.6. The molecule has 0 unspecified atom stereocenters. The third kappa shape index (κ3) is 4.67. The van der Waals surface area contributed by atoms with Gasteiger partial charge in [0.05, 0.1) is 11.9 Å². The molecule has 0 saturated carbocycles. The van der Waals surface area contributed by atoms with Gasteiger partial charge in [-0.05, 0) is 12.1 Å². The van der Waals surface area contributed by atoms with Gasteiger partial charge in [-0.2, -0.15) is 13.2 Å². The summed E-state index contributed by atoms with van der Waals surface area (Å²) in [6, 6.07) is 8.57. The van der Waals surface area contributed by atoms with Crippen LogP contribution in [-0.2, 0) is 0 Å². The number of hydrogen-bond donors (Lipinski definition) is 0. The Morgan fingerprint density at radius 3 is 2.67 bits per heavy atom. The Balaban J connectivity index is 1.33. The number of benzene rings is 1. The smallest absolute Gasteiger partial charge is 0.422 e. The Hall–Kier alpha value is -3.21. The molecule has 8 nitrogen and oxygen atoms in total. The predicted molar refractivity (Wildman–Crippen MR) is 101 cm³/mol. The van der Waals surface area contributed by atoms with E-state index in [0.29, 0.717) is 48.7 Å². The number of halogens is 3. The highest BCUT2D eigenvalue weighted by Gasteiger charge is 2.29. The molecule has 0 N–H and O–H groups in total. The summed E-state index contributed by atoms with van der Waals surface area (Å²) in [6.45, 7) is 1.09. The van der Waals surface area contributed by atoms with Crippen LogP contribution in [0.25, 0.3) is 11.0 Å². The highest BCUT2D eigenvalue weighted by Crippen LogP contribution is 2.22. The molecule has 0 spiro atoms. The molecule has 1 fully saturated rings. The van der Waals surface area contributed by atoms with E-state index in [-0.39, 0.29) is 18.2 Å². The quantitative estimate of drug-likeness (QED) is 0.562. The van der Waals surface area contributed by atoms with Crippen molar-refractivity contribution in [3.8, 4) is 5.88 Å². The molecule has 1 aliphatic rings. The van der Waals surface area contributed by atoms with E-state index in [1.165, 1.54) is 12.4 Å². The largest absolute Gasteiger partial charge is 0.468 e. The van der Waals surface area contributed by atoms with Crippen molar-refractivity contribution in [2.45, 2.75) is 6.18 Å². The minimum atomic E-state index is -4.43. The first kappa shape index (κ1) is 20.1. The van der Waals surface area contributed by atoms with Crippen molar-refractivity contribution in [2.75, 3.05) is 44.2 Å². The third-order valence-corrected chi connectivity index (χ3v) is 4.72. The number of Topliss-reactive ketones (excluding diaryl/α,β-unsaturated/α-hetero) is 1. The first-order chi connectivity index (χ1) is 14.4. The topological polar surface area (TPSA) is 84.6 Å². The van der Waals surface area contributed by atoms with E-state index in [2.05, 4.69) is 19.9 Å². The molecule has 3 heterocycles. The van der Waals surface area contributed by atoms with E-state index in [1.54, 1.807) is 12.1 Å². The van der Waals surface area contributed by atoms with Crippen LogP contribution < -0.4 is 9.64 Å². The Morgan fingerprint density at radius 1 is 1.13 bits per heavy atom. The van der Waals surface area contributed by atoms with Gasteiger partial charge in [-0.1, -0.05) is 17.3 Å². The number of carbonyl (C=O) groups is 1. The number of alkyl halides is 3. The van der Waals surface area contributed by atoms with Crippen molar-refractivity contribution in [1.82, 2.24) is 20.0 Å². The zero-order valence-electron chi connectivity index (χ0n) is 15.8. The summed E-state index contributed by atoms with van der Waals surface area (Å²) in [5.74, 6) is 0.224. The van der Waals surface area contributed by atoms with E-state index < -0.39 is 12.8 Å². The molecule has 1 aliphatic heterocycles. The van der Waals surface area contributed by atoms with Gasteiger partial charge in [-0.3, -0.25) is 9.69 Å². The second-order valence-corrected chi connectivity index (χ2v) is 6.83. The fourth-order valence-electron chi connectivity index (χ4n) is 3.24. The average Bonchev–Trinajstić information content (AvgIpc) is 3.17. The first-order valence-corrected chi connectivity index (χ1v) is 9.25. The van der Waals surface area contributed by atoms with Crippen molar-refractivity contribution < 1.29 is 27.2 Å². The van der Waals surface area contributed by atoms with E-state index in [1.807, 2.05) is 21.9 Å². The van der Waals surface area contributed by atoms with Crippen LogP contribution in [0.4, 0.5) is 19.0 Å². The highest BCUT2D eigenvalue weighted by atomic mass is 19.4. The van der Waals surface area contributed by atoms with Crippen LogP contribution in [0.3, 0.4) is 0 Å². The molecular weight excluding hydrogens is 403 g/mol. The zero-order chi connectivity index (χ0) is 21.1. The maximum absolute atomic E-state index is 12.6. The molecule has 0 radical (unpaired) electrons. The summed E-state index contributed by atoms with van der Waals surface area (Å²) < 4.78 is 46.8.